The number of nitrogens with one attached hydrogen (secondary N) is 1. The van der Waals surface area contributed by atoms with Crippen LogP contribution < -0.4 is 11.1 Å². The second-order valence-corrected chi connectivity index (χ2v) is 4.22. The molecule has 0 aliphatic carbocycles. The highest BCUT2D eigenvalue weighted by Gasteiger charge is 2.05. The lowest BCUT2D eigenvalue weighted by Gasteiger charge is -2.16. The molecule has 18 heavy (non-hydrogen) atoms. The first-order valence-electron chi connectivity index (χ1n) is 5.71. The first kappa shape index (κ1) is 12.0. The molecule has 5 heteroatoms. The number of nitrogen functional groups attached to an aromatic ring is 1. The number of aromatic nitrogens is 2. The number of nitriles is 1. The number of nitrogens with zero attached hydrogens (tertiary/aromatic N) is 3. The summed E-state index contributed by atoms with van der Waals surface area (Å²) in [6.07, 6.45) is 5.45. The topological polar surface area (TPSA) is 79.7 Å². The average Bonchev–Trinajstić information content (AvgIpc) is 2.84. The normalized spacial score (nSPS) is 11.8. The van der Waals surface area contributed by atoms with Gasteiger partial charge in [0.2, 0.25) is 0 Å². The predicted molar refractivity (Wildman–Crippen MR) is 70.9 cm³/mol. The average molecular weight is 241 g/mol. The molecule has 1 heterocycles. The Morgan fingerprint density at radius 3 is 3.06 bits per heavy atom. The number of hydrogen-bond donors (Lipinski definition) is 2. The van der Waals surface area contributed by atoms with Crippen molar-refractivity contribution in [2.75, 3.05) is 11.1 Å². The summed E-state index contributed by atoms with van der Waals surface area (Å²) >= 11 is 0. The molecule has 0 saturated carbocycles. The molecule has 5 nitrogen and oxygen atoms in total. The zero-order valence-electron chi connectivity index (χ0n) is 10.2. The van der Waals surface area contributed by atoms with Gasteiger partial charge in [-0.15, -0.1) is 0 Å². The van der Waals surface area contributed by atoms with Crippen molar-refractivity contribution in [2.45, 2.75) is 19.5 Å². The van der Waals surface area contributed by atoms with E-state index in [1.165, 1.54) is 0 Å². The van der Waals surface area contributed by atoms with E-state index in [0.29, 0.717) is 11.3 Å². The Morgan fingerprint density at radius 2 is 2.39 bits per heavy atom. The summed E-state index contributed by atoms with van der Waals surface area (Å²) in [5.41, 5.74) is 7.57. The summed E-state index contributed by atoms with van der Waals surface area (Å²) in [7, 11) is 0. The first-order chi connectivity index (χ1) is 8.69. The van der Waals surface area contributed by atoms with Crippen LogP contribution in [0, 0.1) is 11.3 Å². The first-order valence-corrected chi connectivity index (χ1v) is 5.71. The minimum absolute atomic E-state index is 0.231. The van der Waals surface area contributed by atoms with Gasteiger partial charge >= 0.3 is 0 Å². The van der Waals surface area contributed by atoms with Crippen molar-refractivity contribution in [3.63, 3.8) is 0 Å². The molecule has 0 radical (unpaired) electrons. The molecule has 0 spiro atoms. The molecule has 0 bridgehead atoms. The van der Waals surface area contributed by atoms with Gasteiger partial charge in [0.05, 0.1) is 11.9 Å². The fourth-order valence-corrected chi connectivity index (χ4v) is 1.78. The summed E-state index contributed by atoms with van der Waals surface area (Å²) < 4.78 is 2.00. The largest absolute Gasteiger partial charge is 0.398 e. The number of anilines is 2. The molecule has 0 aliphatic heterocycles. The van der Waals surface area contributed by atoms with E-state index in [4.69, 9.17) is 11.0 Å². The third-order valence-corrected chi connectivity index (χ3v) is 2.63. The fraction of sp³-hybridized carbons (Fsp3) is 0.231. The van der Waals surface area contributed by atoms with Gasteiger partial charge in [-0.3, -0.25) is 0 Å². The van der Waals surface area contributed by atoms with Crippen molar-refractivity contribution in [3.05, 3.63) is 42.5 Å². The summed E-state index contributed by atoms with van der Waals surface area (Å²) in [6.45, 7) is 2.88. The van der Waals surface area contributed by atoms with E-state index in [9.17, 15) is 0 Å². The van der Waals surface area contributed by atoms with Crippen molar-refractivity contribution in [1.82, 2.24) is 9.55 Å². The van der Waals surface area contributed by atoms with E-state index in [1.807, 2.05) is 16.8 Å². The number of nitrogens with two attached hydrogens (primary N) is 1. The van der Waals surface area contributed by atoms with E-state index >= 15 is 0 Å². The van der Waals surface area contributed by atoms with Crippen LogP contribution in [0.4, 0.5) is 11.4 Å². The Labute approximate surface area is 106 Å². The highest BCUT2D eigenvalue weighted by molar-refractivity contribution is 5.62. The molecule has 1 atom stereocenters. The van der Waals surface area contributed by atoms with Gasteiger partial charge in [0.1, 0.15) is 6.07 Å². The summed E-state index contributed by atoms with van der Waals surface area (Å²) in [5.74, 6) is 0. The maximum atomic E-state index is 8.91. The van der Waals surface area contributed by atoms with Crippen LogP contribution in [0.25, 0.3) is 0 Å². The predicted octanol–water partition coefficient (Wildman–Crippen LogP) is 1.84. The lowest BCUT2D eigenvalue weighted by atomic mass is 10.1. The molecule has 2 rings (SSSR count). The third-order valence-electron chi connectivity index (χ3n) is 2.63. The van der Waals surface area contributed by atoms with Crippen molar-refractivity contribution in [2.24, 2.45) is 0 Å². The summed E-state index contributed by atoms with van der Waals surface area (Å²) in [6, 6.07) is 7.69. The van der Waals surface area contributed by atoms with Crippen LogP contribution in [-0.2, 0) is 6.54 Å². The molecule has 1 aromatic carbocycles. The fourth-order valence-electron chi connectivity index (χ4n) is 1.78. The van der Waals surface area contributed by atoms with Gasteiger partial charge in [-0.1, -0.05) is 0 Å². The van der Waals surface area contributed by atoms with Gasteiger partial charge in [0, 0.05) is 36.4 Å². The Hall–Kier alpha value is -2.48. The Kier molecular flexibility index (Phi) is 3.49. The van der Waals surface area contributed by atoms with Gasteiger partial charge in [-0.2, -0.15) is 5.26 Å². The van der Waals surface area contributed by atoms with Crippen molar-refractivity contribution >= 4 is 11.4 Å². The summed E-state index contributed by atoms with van der Waals surface area (Å²) in [5, 5.41) is 12.2. The number of benzene rings is 1. The lowest BCUT2D eigenvalue weighted by molar-refractivity contribution is 0.619. The van der Waals surface area contributed by atoms with Gasteiger partial charge < -0.3 is 15.6 Å². The highest BCUT2D eigenvalue weighted by Crippen LogP contribution is 2.17. The van der Waals surface area contributed by atoms with Crippen LogP contribution in [0.3, 0.4) is 0 Å². The van der Waals surface area contributed by atoms with E-state index in [2.05, 4.69) is 23.3 Å². The molecule has 0 aliphatic rings. The number of imidazole rings is 1. The maximum absolute atomic E-state index is 8.91. The molecule has 0 fully saturated rings. The second-order valence-electron chi connectivity index (χ2n) is 4.22. The minimum Gasteiger partial charge on any atom is -0.398 e. The van der Waals surface area contributed by atoms with E-state index in [1.54, 1.807) is 24.7 Å². The van der Waals surface area contributed by atoms with Crippen LogP contribution in [-0.4, -0.2) is 15.6 Å². The van der Waals surface area contributed by atoms with Crippen molar-refractivity contribution in [1.29, 1.82) is 5.26 Å². The van der Waals surface area contributed by atoms with Gasteiger partial charge in [0.15, 0.2) is 0 Å². The lowest BCUT2D eigenvalue weighted by Crippen LogP contribution is -2.21. The molecule has 92 valence electrons. The molecule has 1 aromatic heterocycles. The van der Waals surface area contributed by atoms with E-state index in [-0.39, 0.29) is 6.04 Å². The maximum Gasteiger partial charge on any atom is 0.101 e. The molecule has 0 saturated heterocycles. The molecular weight excluding hydrogens is 226 g/mol. The molecule has 1 unspecified atom stereocenters. The monoisotopic (exact) mass is 241 g/mol. The Bertz CT molecular complexity index is 553. The zero-order chi connectivity index (χ0) is 13.0. The van der Waals surface area contributed by atoms with Crippen LogP contribution in [0.1, 0.15) is 12.5 Å². The summed E-state index contributed by atoms with van der Waals surface area (Å²) in [4.78, 5) is 4.00. The second kappa shape index (κ2) is 5.23. The Morgan fingerprint density at radius 1 is 1.56 bits per heavy atom. The zero-order valence-corrected chi connectivity index (χ0v) is 10.2. The molecular formula is C13H15N5. The van der Waals surface area contributed by atoms with Crippen LogP contribution in [0.5, 0.6) is 0 Å². The molecule has 0 amide bonds. The van der Waals surface area contributed by atoms with Crippen molar-refractivity contribution < 1.29 is 0 Å². The van der Waals surface area contributed by atoms with Crippen LogP contribution in [0.15, 0.2) is 36.9 Å². The minimum atomic E-state index is 0.231. The number of hydrogen-bond acceptors (Lipinski definition) is 4. The Balaban J connectivity index is 2.03. The van der Waals surface area contributed by atoms with Crippen LogP contribution in [0.2, 0.25) is 0 Å². The van der Waals surface area contributed by atoms with Crippen LogP contribution >= 0.6 is 0 Å². The van der Waals surface area contributed by atoms with Gasteiger partial charge in [-0.05, 0) is 25.1 Å². The standard InChI is InChI=1S/C13H15N5/c1-10(8-18-5-4-16-9-18)17-12-2-3-13(15)11(6-12)7-14/h2-6,9-10,17H,8,15H2,1H3. The van der Waals surface area contributed by atoms with E-state index in [0.717, 1.165) is 12.2 Å². The van der Waals surface area contributed by atoms with Crippen molar-refractivity contribution in [3.8, 4) is 6.07 Å². The van der Waals surface area contributed by atoms with Gasteiger partial charge in [0.25, 0.3) is 0 Å². The number of rotatable bonds is 4. The third kappa shape index (κ3) is 2.80. The molecule has 2 aromatic rings. The van der Waals surface area contributed by atoms with E-state index < -0.39 is 0 Å². The quantitative estimate of drug-likeness (QED) is 0.800. The smallest absolute Gasteiger partial charge is 0.101 e. The SMILES string of the molecule is CC(Cn1ccnc1)Nc1ccc(N)c(C#N)c1. The van der Waals surface area contributed by atoms with Gasteiger partial charge in [-0.25, -0.2) is 4.98 Å². The molecule has 3 N–H and O–H groups in total. The highest BCUT2D eigenvalue weighted by atomic mass is 15.1.